The summed E-state index contributed by atoms with van der Waals surface area (Å²) in [5.41, 5.74) is 7.32. The van der Waals surface area contributed by atoms with Gasteiger partial charge in [0.05, 0.1) is 10.5 Å². The number of hydrogen-bond donors (Lipinski definition) is 1. The Kier molecular flexibility index (Phi) is 7.13. The Hall–Kier alpha value is -1.35. The number of sulfonamides is 1. The van der Waals surface area contributed by atoms with Gasteiger partial charge in [-0.2, -0.15) is 0 Å². The lowest BCUT2D eigenvalue weighted by Crippen LogP contribution is -2.46. The van der Waals surface area contributed by atoms with Gasteiger partial charge in [0.1, 0.15) is 0 Å². The molecule has 0 aromatic heterocycles. The maximum atomic E-state index is 13.2. The third-order valence-electron chi connectivity index (χ3n) is 5.17. The van der Waals surface area contributed by atoms with E-state index in [0.29, 0.717) is 18.7 Å². The van der Waals surface area contributed by atoms with Crippen LogP contribution in [0.3, 0.4) is 0 Å². The van der Waals surface area contributed by atoms with Crippen LogP contribution in [0.2, 0.25) is 0 Å². The largest absolute Gasteiger partial charge is 0.371 e. The molecule has 0 bridgehead atoms. The zero-order valence-corrected chi connectivity index (χ0v) is 17.6. The van der Waals surface area contributed by atoms with Crippen molar-refractivity contribution in [2.24, 2.45) is 5.73 Å². The summed E-state index contributed by atoms with van der Waals surface area (Å²) in [4.78, 5) is 17.3. The summed E-state index contributed by atoms with van der Waals surface area (Å²) in [6.07, 6.45) is 3.96. The van der Waals surface area contributed by atoms with E-state index in [1.165, 1.54) is 24.5 Å². The molecule has 1 aromatic rings. The second-order valence-corrected chi connectivity index (χ2v) is 9.47. The topological polar surface area (TPSA) is 87.0 Å². The van der Waals surface area contributed by atoms with E-state index >= 15 is 0 Å². The van der Waals surface area contributed by atoms with Crippen LogP contribution in [0, 0.1) is 0 Å². The van der Waals surface area contributed by atoms with Crippen LogP contribution in [0.25, 0.3) is 0 Å². The first-order valence-corrected chi connectivity index (χ1v) is 10.6. The van der Waals surface area contributed by atoms with Crippen LogP contribution < -0.4 is 10.6 Å². The van der Waals surface area contributed by atoms with E-state index in [4.69, 9.17) is 5.73 Å². The number of carbonyl (C=O) groups excluding carboxylic acids is 1. The molecule has 1 amide bonds. The van der Waals surface area contributed by atoms with Crippen LogP contribution in [0.4, 0.5) is 5.69 Å². The zero-order valence-electron chi connectivity index (χ0n) is 15.9. The summed E-state index contributed by atoms with van der Waals surface area (Å²) in [7, 11) is -0.605. The van der Waals surface area contributed by atoms with E-state index in [1.54, 1.807) is 17.0 Å². The molecule has 9 heteroatoms. The monoisotopic (exact) mass is 416 g/mol. The van der Waals surface area contributed by atoms with Crippen LogP contribution in [0.5, 0.6) is 0 Å². The SMILES string of the molecule is CN(C)S(=O)(=O)c1ccc(N2CCCC2)c(C(=O)N2CCCC(N)C2)c1.Cl. The lowest BCUT2D eigenvalue weighted by atomic mass is 10.0. The molecule has 0 radical (unpaired) electrons. The van der Waals surface area contributed by atoms with Crippen LogP contribution in [0.15, 0.2) is 23.1 Å². The molecule has 7 nitrogen and oxygen atoms in total. The van der Waals surface area contributed by atoms with Crippen molar-refractivity contribution in [3.63, 3.8) is 0 Å². The molecule has 2 fully saturated rings. The van der Waals surface area contributed by atoms with E-state index in [9.17, 15) is 13.2 Å². The van der Waals surface area contributed by atoms with Gasteiger partial charge >= 0.3 is 0 Å². The Balaban J connectivity index is 0.00000261. The molecule has 2 N–H and O–H groups in total. The number of benzene rings is 1. The molecule has 2 heterocycles. The summed E-state index contributed by atoms with van der Waals surface area (Å²) < 4.78 is 26.2. The van der Waals surface area contributed by atoms with E-state index < -0.39 is 10.0 Å². The lowest BCUT2D eigenvalue weighted by Gasteiger charge is -2.32. The second-order valence-electron chi connectivity index (χ2n) is 7.31. The van der Waals surface area contributed by atoms with Gasteiger partial charge in [-0.25, -0.2) is 12.7 Å². The molecule has 2 aliphatic rings. The number of carbonyl (C=O) groups is 1. The van der Waals surface area contributed by atoms with Crippen molar-refractivity contribution >= 4 is 34.0 Å². The van der Waals surface area contributed by atoms with Crippen molar-refractivity contribution < 1.29 is 13.2 Å². The number of rotatable bonds is 4. The lowest BCUT2D eigenvalue weighted by molar-refractivity contribution is 0.0709. The third kappa shape index (κ3) is 4.56. The van der Waals surface area contributed by atoms with Crippen LogP contribution >= 0.6 is 12.4 Å². The van der Waals surface area contributed by atoms with Crippen molar-refractivity contribution in [2.75, 3.05) is 45.2 Å². The fourth-order valence-electron chi connectivity index (χ4n) is 3.66. The van der Waals surface area contributed by atoms with Crippen molar-refractivity contribution in [3.05, 3.63) is 23.8 Å². The number of piperidine rings is 1. The first-order valence-electron chi connectivity index (χ1n) is 9.17. The van der Waals surface area contributed by atoms with Crippen LogP contribution in [-0.4, -0.2) is 69.8 Å². The van der Waals surface area contributed by atoms with Gasteiger partial charge in [-0.1, -0.05) is 0 Å². The van der Waals surface area contributed by atoms with Crippen LogP contribution in [-0.2, 0) is 10.0 Å². The van der Waals surface area contributed by atoms with Gasteiger partial charge in [0, 0.05) is 52.0 Å². The average molecular weight is 417 g/mol. The minimum atomic E-state index is -3.60. The number of amides is 1. The van der Waals surface area contributed by atoms with Gasteiger partial charge in [-0.05, 0) is 43.9 Å². The molecule has 0 spiro atoms. The maximum Gasteiger partial charge on any atom is 0.256 e. The van der Waals surface area contributed by atoms with E-state index in [1.807, 2.05) is 0 Å². The Morgan fingerprint density at radius 1 is 1.15 bits per heavy atom. The van der Waals surface area contributed by atoms with Gasteiger partial charge in [-0.3, -0.25) is 4.79 Å². The molecule has 1 aromatic carbocycles. The fourth-order valence-corrected chi connectivity index (χ4v) is 4.58. The molecule has 27 heavy (non-hydrogen) atoms. The molecular formula is C18H29ClN4O3S. The Bertz CT molecular complexity index is 779. The second kappa shape index (κ2) is 8.77. The summed E-state index contributed by atoms with van der Waals surface area (Å²) in [6.45, 7) is 2.96. The first kappa shape index (κ1) is 21.9. The molecule has 152 valence electrons. The average Bonchev–Trinajstić information content (AvgIpc) is 3.15. The van der Waals surface area contributed by atoms with Crippen LogP contribution in [0.1, 0.15) is 36.0 Å². The van der Waals surface area contributed by atoms with Gasteiger partial charge in [0.25, 0.3) is 5.91 Å². The Labute approximate surface area is 167 Å². The summed E-state index contributed by atoms with van der Waals surface area (Å²) in [6, 6.07) is 4.89. The number of likely N-dealkylation sites (tertiary alicyclic amines) is 1. The number of anilines is 1. The van der Waals surface area contributed by atoms with E-state index in [-0.39, 0.29) is 29.3 Å². The standard InChI is InChI=1S/C18H28N4O3S.ClH/c1-20(2)26(24,25)15-7-8-17(21-9-3-4-10-21)16(12-15)18(23)22-11-5-6-14(19)13-22;/h7-8,12,14H,3-6,9-11,13,19H2,1-2H3;1H. The molecule has 0 aliphatic carbocycles. The molecule has 1 unspecified atom stereocenters. The van der Waals surface area contributed by atoms with E-state index in [2.05, 4.69) is 4.90 Å². The molecule has 3 rings (SSSR count). The highest BCUT2D eigenvalue weighted by Gasteiger charge is 2.28. The smallest absolute Gasteiger partial charge is 0.256 e. The zero-order chi connectivity index (χ0) is 18.9. The minimum Gasteiger partial charge on any atom is -0.371 e. The Morgan fingerprint density at radius 3 is 2.41 bits per heavy atom. The number of hydrogen-bond acceptors (Lipinski definition) is 5. The predicted octanol–water partition coefficient (Wildman–Crippen LogP) is 1.52. The molecule has 0 saturated carbocycles. The van der Waals surface area contributed by atoms with Crippen molar-refractivity contribution in [2.45, 2.75) is 36.6 Å². The third-order valence-corrected chi connectivity index (χ3v) is 6.98. The Morgan fingerprint density at radius 2 is 1.81 bits per heavy atom. The van der Waals surface area contributed by atoms with Gasteiger partial charge in [-0.15, -0.1) is 12.4 Å². The number of nitrogens with zero attached hydrogens (tertiary/aromatic N) is 3. The summed E-state index contributed by atoms with van der Waals surface area (Å²) in [5.74, 6) is -0.127. The highest BCUT2D eigenvalue weighted by atomic mass is 35.5. The van der Waals surface area contributed by atoms with Crippen molar-refractivity contribution in [1.82, 2.24) is 9.21 Å². The first-order chi connectivity index (χ1) is 12.3. The van der Waals surface area contributed by atoms with Crippen molar-refractivity contribution in [1.29, 1.82) is 0 Å². The highest BCUT2D eigenvalue weighted by Crippen LogP contribution is 2.29. The maximum absolute atomic E-state index is 13.2. The molecular weight excluding hydrogens is 388 g/mol. The summed E-state index contributed by atoms with van der Waals surface area (Å²) in [5, 5.41) is 0. The fraction of sp³-hybridized carbons (Fsp3) is 0.611. The number of halogens is 1. The molecule has 2 saturated heterocycles. The quantitative estimate of drug-likeness (QED) is 0.804. The van der Waals surface area contributed by atoms with Crippen molar-refractivity contribution in [3.8, 4) is 0 Å². The van der Waals surface area contributed by atoms with Gasteiger partial charge < -0.3 is 15.5 Å². The minimum absolute atomic E-state index is 0. The predicted molar refractivity (Wildman–Crippen MR) is 109 cm³/mol. The molecule has 2 aliphatic heterocycles. The normalized spacial score (nSPS) is 20.7. The highest BCUT2D eigenvalue weighted by molar-refractivity contribution is 7.89. The van der Waals surface area contributed by atoms with Gasteiger partial charge in [0.15, 0.2) is 0 Å². The van der Waals surface area contributed by atoms with Gasteiger partial charge in [0.2, 0.25) is 10.0 Å². The molecule has 1 atom stereocenters. The number of nitrogens with two attached hydrogens (primary N) is 1. The van der Waals surface area contributed by atoms with E-state index in [0.717, 1.165) is 44.5 Å². The summed E-state index contributed by atoms with van der Waals surface area (Å²) >= 11 is 0.